The third kappa shape index (κ3) is 7.88. The van der Waals surface area contributed by atoms with Crippen molar-refractivity contribution in [3.8, 4) is 5.88 Å². The molecule has 2 N–H and O–H groups in total. The van der Waals surface area contributed by atoms with Crippen LogP contribution in [0.15, 0.2) is 30.5 Å². The number of aryl methyl sites for hydroxylation is 1. The van der Waals surface area contributed by atoms with Gasteiger partial charge in [-0.05, 0) is 31.5 Å². The molecule has 0 bridgehead atoms. The van der Waals surface area contributed by atoms with Crippen LogP contribution in [0, 0.1) is 12.8 Å². The van der Waals surface area contributed by atoms with Crippen LogP contribution in [-0.2, 0) is 4.79 Å². The largest absolute Gasteiger partial charge is 0.477 e. The van der Waals surface area contributed by atoms with Gasteiger partial charge in [0.2, 0.25) is 11.8 Å². The number of carbonyl (C=O) groups excluding carboxylic acids is 2. The molecule has 31 heavy (non-hydrogen) atoms. The Labute approximate surface area is 178 Å². The van der Waals surface area contributed by atoms with Crippen LogP contribution >= 0.6 is 0 Å². The van der Waals surface area contributed by atoms with Crippen molar-refractivity contribution in [2.45, 2.75) is 46.3 Å². The summed E-state index contributed by atoms with van der Waals surface area (Å²) in [4.78, 5) is 32.7. The van der Waals surface area contributed by atoms with Crippen LogP contribution < -0.4 is 15.4 Å². The Hall–Kier alpha value is -3.17. The fraction of sp³-hybridized carbons (Fsp3) is 0.429. The van der Waals surface area contributed by atoms with E-state index in [9.17, 15) is 22.8 Å². The first-order valence-corrected chi connectivity index (χ1v) is 9.70. The third-order valence-corrected chi connectivity index (χ3v) is 4.23. The van der Waals surface area contributed by atoms with Gasteiger partial charge < -0.3 is 15.4 Å². The third-order valence-electron chi connectivity index (χ3n) is 4.23. The molecule has 0 aliphatic carbocycles. The average molecular weight is 438 g/mol. The van der Waals surface area contributed by atoms with E-state index in [2.05, 4.69) is 20.6 Å². The van der Waals surface area contributed by atoms with Crippen LogP contribution in [0.4, 0.5) is 19.0 Å². The van der Waals surface area contributed by atoms with Crippen molar-refractivity contribution in [3.05, 3.63) is 47.3 Å². The average Bonchev–Trinajstić information content (AvgIpc) is 2.66. The van der Waals surface area contributed by atoms with E-state index in [1.54, 1.807) is 39.8 Å². The van der Waals surface area contributed by atoms with Crippen LogP contribution in [-0.4, -0.2) is 34.6 Å². The lowest BCUT2D eigenvalue weighted by Crippen LogP contribution is -2.27. The summed E-state index contributed by atoms with van der Waals surface area (Å²) in [6, 6.07) is 5.73. The maximum atomic E-state index is 12.7. The number of hydrogen-bond donors (Lipinski definition) is 2. The number of amides is 2. The zero-order valence-corrected chi connectivity index (χ0v) is 17.7. The molecule has 0 spiro atoms. The molecular weight excluding hydrogens is 413 g/mol. The lowest BCUT2D eigenvalue weighted by molar-refractivity contribution is -0.139. The molecule has 0 fully saturated rings. The monoisotopic (exact) mass is 438 g/mol. The molecule has 2 heterocycles. The molecule has 0 aliphatic heterocycles. The standard InChI is InChI=1S/C21H25F3N4O3/c1-12(2)19(29)28-17-10-16(9-13(3)26-17)20(30)27-14(4)15-5-6-18(25-11-15)31-8-7-21(22,23)24/h5-6,9-12,14H,7-8H2,1-4H3,(H,27,30)(H,26,28,29). The Morgan fingerprint density at radius 3 is 2.45 bits per heavy atom. The van der Waals surface area contributed by atoms with Crippen molar-refractivity contribution < 1.29 is 27.5 Å². The lowest BCUT2D eigenvalue weighted by Gasteiger charge is -2.16. The fourth-order valence-corrected chi connectivity index (χ4v) is 2.50. The lowest BCUT2D eigenvalue weighted by atomic mass is 10.1. The molecule has 0 saturated heterocycles. The maximum Gasteiger partial charge on any atom is 0.392 e. The predicted molar refractivity (Wildman–Crippen MR) is 109 cm³/mol. The summed E-state index contributed by atoms with van der Waals surface area (Å²) in [6.07, 6.45) is -3.92. The minimum absolute atomic E-state index is 0.0711. The Kier molecular flexibility index (Phi) is 7.95. The molecule has 1 unspecified atom stereocenters. The van der Waals surface area contributed by atoms with Gasteiger partial charge in [-0.15, -0.1) is 0 Å². The molecule has 2 aromatic rings. The van der Waals surface area contributed by atoms with E-state index in [4.69, 9.17) is 4.74 Å². The molecule has 2 amide bonds. The van der Waals surface area contributed by atoms with Gasteiger partial charge in [0, 0.05) is 29.4 Å². The van der Waals surface area contributed by atoms with Gasteiger partial charge in [-0.1, -0.05) is 19.9 Å². The Morgan fingerprint density at radius 1 is 1.16 bits per heavy atom. The molecule has 0 radical (unpaired) electrons. The summed E-state index contributed by atoms with van der Waals surface area (Å²) < 4.78 is 41.5. The summed E-state index contributed by atoms with van der Waals surface area (Å²) >= 11 is 0. The number of ether oxygens (including phenoxy) is 1. The highest BCUT2D eigenvalue weighted by atomic mass is 19.4. The number of halogens is 3. The Balaban J connectivity index is 2.00. The van der Waals surface area contributed by atoms with E-state index in [-0.39, 0.29) is 23.6 Å². The normalized spacial score (nSPS) is 12.4. The predicted octanol–water partition coefficient (Wildman–Crippen LogP) is 4.20. The minimum atomic E-state index is -4.29. The number of pyridine rings is 2. The fourth-order valence-electron chi connectivity index (χ4n) is 2.50. The summed E-state index contributed by atoms with van der Waals surface area (Å²) in [5, 5.41) is 5.49. The number of nitrogens with zero attached hydrogens (tertiary/aromatic N) is 2. The van der Waals surface area contributed by atoms with Gasteiger partial charge in [-0.25, -0.2) is 9.97 Å². The summed E-state index contributed by atoms with van der Waals surface area (Å²) in [5.41, 5.74) is 1.55. The van der Waals surface area contributed by atoms with Gasteiger partial charge >= 0.3 is 6.18 Å². The van der Waals surface area contributed by atoms with Gasteiger partial charge in [0.05, 0.1) is 19.1 Å². The molecule has 1 atom stereocenters. The molecular formula is C21H25F3N4O3. The number of rotatable bonds is 8. The highest BCUT2D eigenvalue weighted by Gasteiger charge is 2.27. The van der Waals surface area contributed by atoms with Crippen molar-refractivity contribution in [3.63, 3.8) is 0 Å². The quantitative estimate of drug-likeness (QED) is 0.644. The van der Waals surface area contributed by atoms with Crippen molar-refractivity contribution in [1.29, 1.82) is 0 Å². The minimum Gasteiger partial charge on any atom is -0.477 e. The zero-order valence-electron chi connectivity index (χ0n) is 17.7. The molecule has 0 saturated carbocycles. The number of anilines is 1. The summed E-state index contributed by atoms with van der Waals surface area (Å²) in [5.74, 6) is -0.446. The van der Waals surface area contributed by atoms with Crippen molar-refractivity contribution in [1.82, 2.24) is 15.3 Å². The van der Waals surface area contributed by atoms with Gasteiger partial charge in [0.1, 0.15) is 5.82 Å². The number of carbonyl (C=O) groups is 2. The molecule has 0 aliphatic rings. The number of hydrogen-bond acceptors (Lipinski definition) is 5. The highest BCUT2D eigenvalue weighted by Crippen LogP contribution is 2.21. The van der Waals surface area contributed by atoms with Gasteiger partial charge in [0.15, 0.2) is 0 Å². The highest BCUT2D eigenvalue weighted by molar-refractivity contribution is 5.97. The first-order valence-electron chi connectivity index (χ1n) is 9.70. The van der Waals surface area contributed by atoms with Crippen molar-refractivity contribution in [2.75, 3.05) is 11.9 Å². The molecule has 7 nitrogen and oxygen atoms in total. The van der Waals surface area contributed by atoms with Gasteiger partial charge in [-0.2, -0.15) is 13.2 Å². The second-order valence-corrected chi connectivity index (χ2v) is 7.36. The maximum absolute atomic E-state index is 12.7. The number of aromatic nitrogens is 2. The van der Waals surface area contributed by atoms with Gasteiger partial charge in [-0.3, -0.25) is 9.59 Å². The first-order chi connectivity index (χ1) is 14.4. The topological polar surface area (TPSA) is 93.2 Å². The molecule has 2 aromatic heterocycles. The Bertz CT molecular complexity index is 915. The second kappa shape index (κ2) is 10.2. The van der Waals surface area contributed by atoms with E-state index in [0.717, 1.165) is 0 Å². The van der Waals surface area contributed by atoms with E-state index >= 15 is 0 Å². The zero-order chi connectivity index (χ0) is 23.2. The molecule has 168 valence electrons. The van der Waals surface area contributed by atoms with Crippen LogP contribution in [0.25, 0.3) is 0 Å². The van der Waals surface area contributed by atoms with E-state index in [1.807, 2.05) is 0 Å². The molecule has 0 aromatic carbocycles. The van der Waals surface area contributed by atoms with Gasteiger partial charge in [0.25, 0.3) is 5.91 Å². The van der Waals surface area contributed by atoms with E-state index < -0.39 is 25.2 Å². The summed E-state index contributed by atoms with van der Waals surface area (Å²) in [6.45, 7) is 6.45. The van der Waals surface area contributed by atoms with E-state index in [1.165, 1.54) is 18.3 Å². The van der Waals surface area contributed by atoms with Crippen molar-refractivity contribution in [2.24, 2.45) is 5.92 Å². The SMILES string of the molecule is Cc1cc(C(=O)NC(C)c2ccc(OCCC(F)(F)F)nc2)cc(NC(=O)C(C)C)n1. The van der Waals surface area contributed by atoms with Crippen molar-refractivity contribution >= 4 is 17.6 Å². The van der Waals surface area contributed by atoms with Crippen LogP contribution in [0.1, 0.15) is 54.8 Å². The number of alkyl halides is 3. The van der Waals surface area contributed by atoms with Crippen LogP contribution in [0.2, 0.25) is 0 Å². The first kappa shape index (κ1) is 24.1. The second-order valence-electron chi connectivity index (χ2n) is 7.36. The molecule has 10 heteroatoms. The summed E-state index contributed by atoms with van der Waals surface area (Å²) in [7, 11) is 0. The smallest absolute Gasteiger partial charge is 0.392 e. The molecule has 2 rings (SSSR count). The van der Waals surface area contributed by atoms with Crippen LogP contribution in [0.5, 0.6) is 5.88 Å². The van der Waals surface area contributed by atoms with E-state index in [0.29, 0.717) is 22.6 Å². The number of nitrogens with one attached hydrogen (secondary N) is 2. The Morgan fingerprint density at radius 2 is 1.87 bits per heavy atom. The van der Waals surface area contributed by atoms with Crippen LogP contribution in [0.3, 0.4) is 0 Å².